The topological polar surface area (TPSA) is 56.7 Å². The van der Waals surface area contributed by atoms with E-state index in [1.165, 1.54) is 25.7 Å². The minimum Gasteiger partial charge on any atom is -0.369 e. The summed E-state index contributed by atoms with van der Waals surface area (Å²) in [6.07, 6.45) is 7.19. The molecule has 2 unspecified atom stereocenters. The largest absolute Gasteiger partial charge is 0.369 e. The molecule has 0 aromatic carbocycles. The zero-order valence-corrected chi connectivity index (χ0v) is 11.8. The first-order valence-electron chi connectivity index (χ1n) is 7.24. The Morgan fingerprint density at radius 3 is 2.95 bits per heavy atom. The Morgan fingerprint density at radius 1 is 1.37 bits per heavy atom. The maximum absolute atomic E-state index is 6.10. The lowest BCUT2D eigenvalue weighted by Crippen LogP contribution is -2.22. The zero-order chi connectivity index (χ0) is 13.4. The summed E-state index contributed by atoms with van der Waals surface area (Å²) in [6.45, 7) is 5.38. The van der Waals surface area contributed by atoms with Crippen molar-refractivity contribution in [3.8, 4) is 0 Å². The summed E-state index contributed by atoms with van der Waals surface area (Å²) < 4.78 is 2.11. The average molecular weight is 258 g/mol. The second-order valence-electron chi connectivity index (χ2n) is 5.90. The molecule has 0 amide bonds. The van der Waals surface area contributed by atoms with E-state index in [9.17, 15) is 0 Å². The number of imidazole rings is 1. The number of nitrogens with two attached hydrogens (primary N) is 1. The van der Waals surface area contributed by atoms with Gasteiger partial charge in [-0.05, 0) is 36.8 Å². The molecule has 4 nitrogen and oxygen atoms in total. The van der Waals surface area contributed by atoms with E-state index in [0.29, 0.717) is 11.9 Å². The molecular weight excluding hydrogens is 236 g/mol. The van der Waals surface area contributed by atoms with E-state index in [0.717, 1.165) is 29.2 Å². The first-order valence-corrected chi connectivity index (χ1v) is 7.24. The van der Waals surface area contributed by atoms with Crippen LogP contribution in [0.4, 0.5) is 5.95 Å². The number of nitrogens with zero attached hydrogens (tertiary/aromatic N) is 3. The van der Waals surface area contributed by atoms with E-state index in [2.05, 4.69) is 28.4 Å². The Balaban J connectivity index is 1.96. The lowest BCUT2D eigenvalue weighted by Gasteiger charge is -2.29. The molecule has 0 spiro atoms. The van der Waals surface area contributed by atoms with Crippen molar-refractivity contribution in [3.63, 3.8) is 0 Å². The van der Waals surface area contributed by atoms with Crippen molar-refractivity contribution >= 4 is 17.1 Å². The molecule has 0 saturated heterocycles. The first kappa shape index (κ1) is 12.5. The summed E-state index contributed by atoms with van der Waals surface area (Å²) in [6, 6.07) is 1.99. The molecule has 2 aromatic heterocycles. The maximum Gasteiger partial charge on any atom is 0.202 e. The van der Waals surface area contributed by atoms with Crippen LogP contribution >= 0.6 is 0 Å². The van der Waals surface area contributed by atoms with Gasteiger partial charge in [0.15, 0.2) is 5.65 Å². The van der Waals surface area contributed by atoms with Crippen LogP contribution in [0.15, 0.2) is 12.3 Å². The molecule has 2 heterocycles. The van der Waals surface area contributed by atoms with Gasteiger partial charge in [-0.1, -0.05) is 26.2 Å². The molecule has 4 heteroatoms. The summed E-state index contributed by atoms with van der Waals surface area (Å²) >= 11 is 0. The van der Waals surface area contributed by atoms with Gasteiger partial charge < -0.3 is 5.73 Å². The summed E-state index contributed by atoms with van der Waals surface area (Å²) in [4.78, 5) is 8.96. The maximum atomic E-state index is 6.10. The van der Waals surface area contributed by atoms with Gasteiger partial charge >= 0.3 is 0 Å². The van der Waals surface area contributed by atoms with Crippen LogP contribution in [0.2, 0.25) is 0 Å². The number of aryl methyl sites for hydroxylation is 1. The Morgan fingerprint density at radius 2 is 2.16 bits per heavy atom. The zero-order valence-electron chi connectivity index (χ0n) is 11.8. The molecule has 1 aliphatic rings. The third-order valence-electron chi connectivity index (χ3n) is 4.57. The molecule has 0 radical (unpaired) electrons. The van der Waals surface area contributed by atoms with Gasteiger partial charge in [0.1, 0.15) is 5.52 Å². The molecule has 2 N–H and O–H groups in total. The number of aromatic nitrogens is 3. The predicted octanol–water partition coefficient (Wildman–Crippen LogP) is 3.15. The smallest absolute Gasteiger partial charge is 0.202 e. The van der Waals surface area contributed by atoms with Crippen molar-refractivity contribution in [2.45, 2.75) is 46.1 Å². The number of fused-ring (bicyclic) bond motifs is 1. The fraction of sp³-hybridized carbons (Fsp3) is 0.600. The van der Waals surface area contributed by atoms with Gasteiger partial charge in [0, 0.05) is 12.7 Å². The van der Waals surface area contributed by atoms with Crippen LogP contribution in [0, 0.1) is 18.8 Å². The highest BCUT2D eigenvalue weighted by molar-refractivity contribution is 5.77. The number of hydrogen-bond acceptors (Lipinski definition) is 3. The number of pyridine rings is 1. The van der Waals surface area contributed by atoms with E-state index >= 15 is 0 Å². The minimum absolute atomic E-state index is 0.606. The summed E-state index contributed by atoms with van der Waals surface area (Å²) in [7, 11) is 0. The highest BCUT2D eigenvalue weighted by Crippen LogP contribution is 2.32. The minimum atomic E-state index is 0.606. The Labute approximate surface area is 114 Å². The van der Waals surface area contributed by atoms with Crippen LogP contribution in [0.25, 0.3) is 11.2 Å². The summed E-state index contributed by atoms with van der Waals surface area (Å²) in [5.74, 6) is 2.08. The van der Waals surface area contributed by atoms with Crippen molar-refractivity contribution in [1.82, 2.24) is 14.5 Å². The normalized spacial score (nSPS) is 23.9. The van der Waals surface area contributed by atoms with Gasteiger partial charge in [-0.25, -0.2) is 9.97 Å². The van der Waals surface area contributed by atoms with Crippen molar-refractivity contribution in [2.24, 2.45) is 11.8 Å². The van der Waals surface area contributed by atoms with E-state index < -0.39 is 0 Å². The van der Waals surface area contributed by atoms with E-state index in [-0.39, 0.29) is 0 Å². The van der Waals surface area contributed by atoms with E-state index in [4.69, 9.17) is 5.73 Å². The Hall–Kier alpha value is -1.58. The highest BCUT2D eigenvalue weighted by Gasteiger charge is 2.23. The average Bonchev–Trinajstić information content (AvgIpc) is 2.71. The summed E-state index contributed by atoms with van der Waals surface area (Å²) in [5, 5.41) is 0. The molecule has 1 fully saturated rings. The third-order valence-corrected chi connectivity index (χ3v) is 4.57. The van der Waals surface area contributed by atoms with Crippen LogP contribution in [0.5, 0.6) is 0 Å². The number of nitrogen functional groups attached to an aromatic ring is 1. The predicted molar refractivity (Wildman–Crippen MR) is 77.8 cm³/mol. The second kappa shape index (κ2) is 4.83. The van der Waals surface area contributed by atoms with Gasteiger partial charge in [0.2, 0.25) is 5.95 Å². The van der Waals surface area contributed by atoms with Crippen molar-refractivity contribution < 1.29 is 0 Å². The Bertz CT molecular complexity index is 587. The molecule has 1 aliphatic carbocycles. The lowest BCUT2D eigenvalue weighted by atomic mass is 9.80. The quantitative estimate of drug-likeness (QED) is 0.900. The monoisotopic (exact) mass is 258 g/mol. The van der Waals surface area contributed by atoms with Crippen LogP contribution in [0.3, 0.4) is 0 Å². The molecule has 0 bridgehead atoms. The van der Waals surface area contributed by atoms with Gasteiger partial charge in [0.05, 0.1) is 0 Å². The third kappa shape index (κ3) is 2.20. The first-order chi connectivity index (χ1) is 9.16. The van der Waals surface area contributed by atoms with Gasteiger partial charge in [-0.3, -0.25) is 4.57 Å². The lowest BCUT2D eigenvalue weighted by molar-refractivity contribution is 0.231. The van der Waals surface area contributed by atoms with Crippen LogP contribution < -0.4 is 5.73 Å². The number of rotatable bonds is 2. The fourth-order valence-corrected chi connectivity index (χ4v) is 3.23. The number of hydrogen-bond donors (Lipinski definition) is 1. The van der Waals surface area contributed by atoms with Crippen molar-refractivity contribution in [3.05, 3.63) is 17.8 Å². The molecule has 19 heavy (non-hydrogen) atoms. The molecular formula is C15H22N4. The van der Waals surface area contributed by atoms with Crippen LogP contribution in [-0.2, 0) is 6.54 Å². The second-order valence-corrected chi connectivity index (χ2v) is 5.90. The van der Waals surface area contributed by atoms with Crippen LogP contribution in [0.1, 0.15) is 38.2 Å². The van der Waals surface area contributed by atoms with Crippen LogP contribution in [-0.4, -0.2) is 14.5 Å². The molecule has 102 valence electrons. The van der Waals surface area contributed by atoms with Crippen molar-refractivity contribution in [2.75, 3.05) is 5.73 Å². The van der Waals surface area contributed by atoms with Gasteiger partial charge in [0.25, 0.3) is 0 Å². The Kier molecular flexibility index (Phi) is 3.17. The van der Waals surface area contributed by atoms with Gasteiger partial charge in [-0.15, -0.1) is 0 Å². The molecule has 2 aromatic rings. The summed E-state index contributed by atoms with van der Waals surface area (Å²) in [5.41, 5.74) is 9.13. The standard InChI is InChI=1S/C15H22N4/c1-10-5-3-4-6-12(10)9-19-14-13(18-15(19)16)11(2)7-8-17-14/h7-8,10,12H,3-6,9H2,1-2H3,(H2,16,18). The van der Waals surface area contributed by atoms with E-state index in [1.54, 1.807) is 0 Å². The molecule has 3 rings (SSSR count). The van der Waals surface area contributed by atoms with E-state index in [1.807, 2.05) is 12.3 Å². The fourth-order valence-electron chi connectivity index (χ4n) is 3.23. The molecule has 0 aliphatic heterocycles. The SMILES string of the molecule is Cc1ccnc2c1nc(N)n2CC1CCCCC1C. The molecule has 2 atom stereocenters. The number of anilines is 1. The molecule has 1 saturated carbocycles. The highest BCUT2D eigenvalue weighted by atomic mass is 15.2. The van der Waals surface area contributed by atoms with Crippen molar-refractivity contribution in [1.29, 1.82) is 0 Å². The van der Waals surface area contributed by atoms with Gasteiger partial charge in [-0.2, -0.15) is 0 Å².